The Labute approximate surface area is 174 Å². The molecule has 8 heteroatoms. The van der Waals surface area contributed by atoms with Gasteiger partial charge >= 0.3 is 0 Å². The average Bonchev–Trinajstić information content (AvgIpc) is 3.02. The predicted octanol–water partition coefficient (Wildman–Crippen LogP) is 3.57. The lowest BCUT2D eigenvalue weighted by Gasteiger charge is -2.15. The molecule has 0 unspecified atom stereocenters. The van der Waals surface area contributed by atoms with Crippen LogP contribution in [0.2, 0.25) is 0 Å². The van der Waals surface area contributed by atoms with Gasteiger partial charge in [0.15, 0.2) is 5.17 Å². The van der Waals surface area contributed by atoms with Gasteiger partial charge in [-0.3, -0.25) is 9.69 Å². The van der Waals surface area contributed by atoms with Crippen molar-refractivity contribution in [1.82, 2.24) is 4.90 Å². The molecule has 2 aromatic carbocycles. The topological polar surface area (TPSA) is 72.7 Å². The van der Waals surface area contributed by atoms with E-state index in [1.54, 1.807) is 38.5 Å². The van der Waals surface area contributed by atoms with Gasteiger partial charge in [-0.25, -0.2) is 0 Å². The number of carbonyl (C=O) groups is 1. The molecule has 0 bridgehead atoms. The number of thioether (sulfide) groups is 1. The molecule has 0 spiro atoms. The maximum absolute atomic E-state index is 12.6. The van der Waals surface area contributed by atoms with E-state index in [1.165, 1.54) is 11.8 Å². The molecule has 0 saturated carbocycles. The second-order valence-corrected chi connectivity index (χ2v) is 7.58. The van der Waals surface area contributed by atoms with Crippen molar-refractivity contribution in [3.63, 3.8) is 0 Å². The number of hydrogen-bond acceptors (Lipinski definition) is 7. The second kappa shape index (κ2) is 9.47. The molecule has 29 heavy (non-hydrogen) atoms. The van der Waals surface area contributed by atoms with Crippen LogP contribution in [0.3, 0.4) is 0 Å². The SMILES string of the molecule is COc1ccc(CN2C(=O)[C@H](C)S/C2=N\N=C/c2ccc(OC)cc2OC)cc1. The van der Waals surface area contributed by atoms with Gasteiger partial charge in [0.25, 0.3) is 0 Å². The lowest BCUT2D eigenvalue weighted by molar-refractivity contribution is -0.126. The monoisotopic (exact) mass is 413 g/mol. The molecule has 0 aromatic heterocycles. The van der Waals surface area contributed by atoms with E-state index in [2.05, 4.69) is 10.2 Å². The van der Waals surface area contributed by atoms with Crippen LogP contribution in [0.5, 0.6) is 17.2 Å². The second-order valence-electron chi connectivity index (χ2n) is 6.27. The number of nitrogens with zero attached hydrogens (tertiary/aromatic N) is 3. The fourth-order valence-electron chi connectivity index (χ4n) is 2.79. The summed E-state index contributed by atoms with van der Waals surface area (Å²) in [6.07, 6.45) is 1.60. The van der Waals surface area contributed by atoms with Crippen LogP contribution in [0.1, 0.15) is 18.1 Å². The Morgan fingerprint density at radius 2 is 1.72 bits per heavy atom. The van der Waals surface area contributed by atoms with E-state index in [0.29, 0.717) is 23.2 Å². The molecule has 0 N–H and O–H groups in total. The highest BCUT2D eigenvalue weighted by Crippen LogP contribution is 2.29. The number of methoxy groups -OCH3 is 3. The molecule has 1 amide bonds. The van der Waals surface area contributed by atoms with Crippen molar-refractivity contribution in [2.75, 3.05) is 21.3 Å². The first-order chi connectivity index (χ1) is 14.0. The van der Waals surface area contributed by atoms with Crippen molar-refractivity contribution in [1.29, 1.82) is 0 Å². The molecule has 1 aliphatic rings. The van der Waals surface area contributed by atoms with Gasteiger partial charge in [-0.05, 0) is 36.8 Å². The van der Waals surface area contributed by atoms with E-state index in [4.69, 9.17) is 14.2 Å². The van der Waals surface area contributed by atoms with Crippen LogP contribution in [-0.4, -0.2) is 48.8 Å². The van der Waals surface area contributed by atoms with Crippen LogP contribution in [0.15, 0.2) is 52.7 Å². The molecule has 0 aliphatic carbocycles. The van der Waals surface area contributed by atoms with E-state index in [-0.39, 0.29) is 11.2 Å². The summed E-state index contributed by atoms with van der Waals surface area (Å²) in [5.41, 5.74) is 1.75. The Kier molecular flexibility index (Phi) is 6.77. The smallest absolute Gasteiger partial charge is 0.242 e. The van der Waals surface area contributed by atoms with Gasteiger partial charge in [-0.2, -0.15) is 5.10 Å². The van der Waals surface area contributed by atoms with E-state index in [9.17, 15) is 4.79 Å². The summed E-state index contributed by atoms with van der Waals surface area (Å²) in [5, 5.41) is 8.85. The molecule has 2 aromatic rings. The number of ether oxygens (including phenoxy) is 3. The maximum Gasteiger partial charge on any atom is 0.242 e. The molecule has 1 fully saturated rings. The van der Waals surface area contributed by atoms with Crippen LogP contribution in [0, 0.1) is 0 Å². The number of rotatable bonds is 7. The van der Waals surface area contributed by atoms with Crippen molar-refractivity contribution in [3.05, 3.63) is 53.6 Å². The van der Waals surface area contributed by atoms with Crippen molar-refractivity contribution < 1.29 is 19.0 Å². The summed E-state index contributed by atoms with van der Waals surface area (Å²) in [4.78, 5) is 14.2. The molecule has 152 valence electrons. The van der Waals surface area contributed by atoms with Gasteiger partial charge in [-0.15, -0.1) is 5.10 Å². The molecule has 7 nitrogen and oxygen atoms in total. The van der Waals surface area contributed by atoms with Gasteiger partial charge in [-0.1, -0.05) is 23.9 Å². The highest BCUT2D eigenvalue weighted by Gasteiger charge is 2.35. The van der Waals surface area contributed by atoms with Crippen LogP contribution in [0.25, 0.3) is 0 Å². The van der Waals surface area contributed by atoms with Crippen LogP contribution >= 0.6 is 11.8 Å². The average molecular weight is 413 g/mol. The summed E-state index contributed by atoms with van der Waals surface area (Å²) in [5.74, 6) is 2.12. The molecule has 1 heterocycles. The maximum atomic E-state index is 12.6. The van der Waals surface area contributed by atoms with Gasteiger partial charge < -0.3 is 14.2 Å². The molecular formula is C21H23N3O4S. The summed E-state index contributed by atoms with van der Waals surface area (Å²) in [6.45, 7) is 2.30. The third kappa shape index (κ3) is 4.89. The van der Waals surface area contributed by atoms with Crippen LogP contribution < -0.4 is 14.2 Å². The minimum atomic E-state index is -0.197. The lowest BCUT2D eigenvalue weighted by Crippen LogP contribution is -2.30. The largest absolute Gasteiger partial charge is 0.497 e. The molecule has 1 atom stereocenters. The summed E-state index contributed by atoms with van der Waals surface area (Å²) >= 11 is 1.40. The highest BCUT2D eigenvalue weighted by molar-refractivity contribution is 8.15. The number of amidine groups is 1. The predicted molar refractivity (Wildman–Crippen MR) is 115 cm³/mol. The first-order valence-electron chi connectivity index (χ1n) is 8.99. The van der Waals surface area contributed by atoms with Crippen LogP contribution in [-0.2, 0) is 11.3 Å². The Morgan fingerprint density at radius 1 is 1.03 bits per heavy atom. The molecular weight excluding hydrogens is 390 g/mol. The Hall–Kier alpha value is -3.00. The van der Waals surface area contributed by atoms with Crippen molar-refractivity contribution >= 4 is 29.1 Å². The molecule has 3 rings (SSSR count). The minimum absolute atomic E-state index is 0.0156. The normalized spacial score (nSPS) is 17.9. The minimum Gasteiger partial charge on any atom is -0.497 e. The number of benzene rings is 2. The van der Waals surface area contributed by atoms with Gasteiger partial charge in [0.2, 0.25) is 5.91 Å². The van der Waals surface area contributed by atoms with E-state index in [1.807, 2.05) is 43.3 Å². The third-order valence-electron chi connectivity index (χ3n) is 4.41. The summed E-state index contributed by atoms with van der Waals surface area (Å²) < 4.78 is 15.7. The zero-order valence-electron chi connectivity index (χ0n) is 16.8. The third-order valence-corrected chi connectivity index (χ3v) is 5.48. The Morgan fingerprint density at radius 3 is 2.38 bits per heavy atom. The zero-order valence-corrected chi connectivity index (χ0v) is 17.6. The van der Waals surface area contributed by atoms with Gasteiger partial charge in [0, 0.05) is 11.6 Å². The Balaban J connectivity index is 1.79. The van der Waals surface area contributed by atoms with Gasteiger partial charge in [0.1, 0.15) is 17.2 Å². The first kappa shape index (κ1) is 20.7. The first-order valence-corrected chi connectivity index (χ1v) is 9.87. The highest BCUT2D eigenvalue weighted by atomic mass is 32.2. The zero-order chi connectivity index (χ0) is 20.8. The van der Waals surface area contributed by atoms with E-state index < -0.39 is 0 Å². The standard InChI is InChI=1S/C21H23N3O4S/c1-14-20(25)24(13-15-5-8-17(26-2)9-6-15)21(29-14)23-22-12-16-7-10-18(27-3)11-19(16)28-4/h5-12,14H,13H2,1-4H3/b22-12-,23-21-/t14-/m0/s1. The summed E-state index contributed by atoms with van der Waals surface area (Å²) in [7, 11) is 4.81. The molecule has 1 aliphatic heterocycles. The fourth-order valence-corrected chi connectivity index (χ4v) is 3.71. The quantitative estimate of drug-likeness (QED) is 0.513. The van der Waals surface area contributed by atoms with Crippen LogP contribution in [0.4, 0.5) is 0 Å². The lowest BCUT2D eigenvalue weighted by atomic mass is 10.2. The fraction of sp³-hybridized carbons (Fsp3) is 0.286. The van der Waals surface area contributed by atoms with Gasteiger partial charge in [0.05, 0.1) is 39.3 Å². The van der Waals surface area contributed by atoms with Crippen molar-refractivity contribution in [2.24, 2.45) is 10.2 Å². The number of hydrogen-bond donors (Lipinski definition) is 0. The van der Waals surface area contributed by atoms with Crippen molar-refractivity contribution in [3.8, 4) is 17.2 Å². The summed E-state index contributed by atoms with van der Waals surface area (Å²) in [6, 6.07) is 13.1. The molecule has 1 saturated heterocycles. The number of carbonyl (C=O) groups excluding carboxylic acids is 1. The molecule has 0 radical (unpaired) electrons. The number of amides is 1. The van der Waals surface area contributed by atoms with Crippen molar-refractivity contribution in [2.45, 2.75) is 18.7 Å². The van der Waals surface area contributed by atoms with E-state index in [0.717, 1.165) is 16.9 Å². The van der Waals surface area contributed by atoms with E-state index >= 15 is 0 Å². The Bertz CT molecular complexity index is 928.